The molecule has 1 aromatic heterocycles. The van der Waals surface area contributed by atoms with Crippen molar-refractivity contribution in [1.29, 1.82) is 0 Å². The molecule has 0 atom stereocenters. The number of aryl methyl sites for hydroxylation is 2. The molecule has 102 valence electrons. The fourth-order valence-corrected chi connectivity index (χ4v) is 2.63. The van der Waals surface area contributed by atoms with Crippen LogP contribution in [-0.4, -0.2) is 12.5 Å². The maximum atomic E-state index is 12.2. The summed E-state index contributed by atoms with van der Waals surface area (Å²) in [6.07, 6.45) is 0. The molecule has 0 unspecified atom stereocenters. The Morgan fingerprint density at radius 1 is 1.35 bits per heavy atom. The van der Waals surface area contributed by atoms with E-state index >= 15 is 0 Å². The largest absolute Gasteiger partial charge is 0.321 e. The predicted molar refractivity (Wildman–Crippen MR) is 84.1 cm³/mol. The molecule has 0 fully saturated rings. The first kappa shape index (κ1) is 14.3. The SMILES string of the molecule is Cc1ccc(NC(=O)c2cscc2C)c(C#CCN)c1. The molecule has 2 aromatic rings. The lowest BCUT2D eigenvalue weighted by molar-refractivity contribution is 0.102. The van der Waals surface area contributed by atoms with Crippen molar-refractivity contribution in [1.82, 2.24) is 0 Å². The van der Waals surface area contributed by atoms with Gasteiger partial charge < -0.3 is 11.1 Å². The number of amides is 1. The molecule has 3 nitrogen and oxygen atoms in total. The second kappa shape index (κ2) is 6.38. The molecule has 1 amide bonds. The topological polar surface area (TPSA) is 55.1 Å². The van der Waals surface area contributed by atoms with E-state index in [0.717, 1.165) is 16.7 Å². The fraction of sp³-hybridized carbons (Fsp3) is 0.188. The van der Waals surface area contributed by atoms with Crippen molar-refractivity contribution < 1.29 is 4.79 Å². The van der Waals surface area contributed by atoms with E-state index in [9.17, 15) is 4.79 Å². The van der Waals surface area contributed by atoms with E-state index in [4.69, 9.17) is 5.73 Å². The molecular weight excluding hydrogens is 268 g/mol. The van der Waals surface area contributed by atoms with Crippen LogP contribution in [0.25, 0.3) is 0 Å². The summed E-state index contributed by atoms with van der Waals surface area (Å²) in [5, 5.41) is 6.72. The highest BCUT2D eigenvalue weighted by Crippen LogP contribution is 2.20. The van der Waals surface area contributed by atoms with Crippen LogP contribution < -0.4 is 11.1 Å². The minimum absolute atomic E-state index is 0.108. The highest BCUT2D eigenvalue weighted by molar-refractivity contribution is 7.08. The molecule has 0 radical (unpaired) electrons. The number of carbonyl (C=O) groups excluding carboxylic acids is 1. The highest BCUT2D eigenvalue weighted by Gasteiger charge is 2.11. The number of hydrogen-bond acceptors (Lipinski definition) is 3. The second-order valence-electron chi connectivity index (χ2n) is 4.48. The molecule has 3 N–H and O–H groups in total. The Morgan fingerprint density at radius 2 is 2.15 bits per heavy atom. The number of hydrogen-bond donors (Lipinski definition) is 2. The van der Waals surface area contributed by atoms with Crippen LogP contribution in [0.3, 0.4) is 0 Å². The van der Waals surface area contributed by atoms with Gasteiger partial charge in [-0.2, -0.15) is 11.3 Å². The number of benzene rings is 1. The van der Waals surface area contributed by atoms with E-state index in [-0.39, 0.29) is 5.91 Å². The molecule has 0 saturated heterocycles. The normalized spacial score (nSPS) is 9.75. The number of nitrogens with one attached hydrogen (secondary N) is 1. The van der Waals surface area contributed by atoms with Crippen molar-refractivity contribution in [2.45, 2.75) is 13.8 Å². The summed E-state index contributed by atoms with van der Waals surface area (Å²) in [6.45, 7) is 4.21. The maximum absolute atomic E-state index is 12.2. The molecule has 0 aliphatic carbocycles. The molecule has 0 aliphatic rings. The molecule has 1 heterocycles. The molecule has 0 saturated carbocycles. The van der Waals surface area contributed by atoms with Gasteiger partial charge in [-0.15, -0.1) is 0 Å². The predicted octanol–water partition coefficient (Wildman–Crippen LogP) is 2.93. The van der Waals surface area contributed by atoms with Crippen molar-refractivity contribution in [3.63, 3.8) is 0 Å². The summed E-state index contributed by atoms with van der Waals surface area (Å²) in [5.41, 5.74) is 9.68. The van der Waals surface area contributed by atoms with Crippen LogP contribution in [0.15, 0.2) is 29.0 Å². The fourth-order valence-electron chi connectivity index (χ4n) is 1.80. The van der Waals surface area contributed by atoms with E-state index in [1.807, 2.05) is 42.8 Å². The quantitative estimate of drug-likeness (QED) is 0.833. The van der Waals surface area contributed by atoms with Crippen LogP contribution >= 0.6 is 11.3 Å². The molecule has 4 heteroatoms. The Balaban J connectivity index is 2.29. The van der Waals surface area contributed by atoms with Gasteiger partial charge in [0.05, 0.1) is 17.8 Å². The number of thiophene rings is 1. The van der Waals surface area contributed by atoms with E-state index in [0.29, 0.717) is 17.8 Å². The van der Waals surface area contributed by atoms with Crippen molar-refractivity contribution >= 4 is 22.9 Å². The van der Waals surface area contributed by atoms with Crippen LogP contribution in [0.1, 0.15) is 27.0 Å². The summed E-state index contributed by atoms with van der Waals surface area (Å²) in [6, 6.07) is 5.76. The number of carbonyl (C=O) groups is 1. The lowest BCUT2D eigenvalue weighted by Gasteiger charge is -2.08. The van der Waals surface area contributed by atoms with Gasteiger partial charge in [-0.25, -0.2) is 0 Å². The first-order chi connectivity index (χ1) is 9.61. The Bertz CT molecular complexity index is 692. The minimum Gasteiger partial charge on any atom is -0.321 e. The first-order valence-electron chi connectivity index (χ1n) is 6.25. The summed E-state index contributed by atoms with van der Waals surface area (Å²) in [7, 11) is 0. The van der Waals surface area contributed by atoms with Crippen molar-refractivity contribution in [2.75, 3.05) is 11.9 Å². The third-order valence-electron chi connectivity index (χ3n) is 2.85. The third kappa shape index (κ3) is 3.27. The Kier molecular flexibility index (Phi) is 4.57. The van der Waals surface area contributed by atoms with Crippen molar-refractivity contribution in [2.24, 2.45) is 5.73 Å². The Hall–Kier alpha value is -2.09. The summed E-state index contributed by atoms with van der Waals surface area (Å²) in [5.74, 6) is 5.70. The van der Waals surface area contributed by atoms with E-state index in [2.05, 4.69) is 17.2 Å². The van der Waals surface area contributed by atoms with Crippen LogP contribution in [0.5, 0.6) is 0 Å². The minimum atomic E-state index is -0.108. The monoisotopic (exact) mass is 284 g/mol. The lowest BCUT2D eigenvalue weighted by atomic mass is 10.1. The van der Waals surface area contributed by atoms with Crippen LogP contribution in [0, 0.1) is 25.7 Å². The van der Waals surface area contributed by atoms with Crippen molar-refractivity contribution in [3.05, 3.63) is 51.2 Å². The lowest BCUT2D eigenvalue weighted by Crippen LogP contribution is -2.13. The van der Waals surface area contributed by atoms with Gasteiger partial charge in [-0.1, -0.05) is 17.9 Å². The summed E-state index contributed by atoms with van der Waals surface area (Å²) >= 11 is 1.52. The number of nitrogens with two attached hydrogens (primary N) is 1. The van der Waals surface area contributed by atoms with Gasteiger partial charge in [-0.3, -0.25) is 4.79 Å². The average Bonchev–Trinajstić information content (AvgIpc) is 2.85. The summed E-state index contributed by atoms with van der Waals surface area (Å²) in [4.78, 5) is 12.2. The highest BCUT2D eigenvalue weighted by atomic mass is 32.1. The zero-order valence-corrected chi connectivity index (χ0v) is 12.3. The van der Waals surface area contributed by atoms with Gasteiger partial charge in [0.1, 0.15) is 0 Å². The van der Waals surface area contributed by atoms with E-state index in [1.54, 1.807) is 0 Å². The molecule has 0 aliphatic heterocycles. The van der Waals surface area contributed by atoms with E-state index < -0.39 is 0 Å². The molecular formula is C16H16N2OS. The molecule has 0 spiro atoms. The zero-order chi connectivity index (χ0) is 14.5. The second-order valence-corrected chi connectivity index (χ2v) is 5.22. The number of anilines is 1. The van der Waals surface area contributed by atoms with Gasteiger partial charge in [-0.05, 0) is 42.5 Å². The zero-order valence-electron chi connectivity index (χ0n) is 11.5. The molecule has 0 bridgehead atoms. The van der Waals surface area contributed by atoms with Gasteiger partial charge in [0.2, 0.25) is 0 Å². The standard InChI is InChI=1S/C16H16N2OS/c1-11-5-6-15(13(8-11)4-3-7-17)18-16(19)14-10-20-9-12(14)2/h5-6,8-10H,7,17H2,1-2H3,(H,18,19). The van der Waals surface area contributed by atoms with Crippen molar-refractivity contribution in [3.8, 4) is 11.8 Å². The Morgan fingerprint density at radius 3 is 2.80 bits per heavy atom. The van der Waals surface area contributed by atoms with Gasteiger partial charge in [0.15, 0.2) is 0 Å². The molecule has 20 heavy (non-hydrogen) atoms. The van der Waals surface area contributed by atoms with Gasteiger partial charge in [0, 0.05) is 10.9 Å². The van der Waals surface area contributed by atoms with Crippen LogP contribution in [0.2, 0.25) is 0 Å². The first-order valence-corrected chi connectivity index (χ1v) is 7.20. The van der Waals surface area contributed by atoms with Gasteiger partial charge in [0.25, 0.3) is 5.91 Å². The summed E-state index contributed by atoms with van der Waals surface area (Å²) < 4.78 is 0. The average molecular weight is 284 g/mol. The number of rotatable bonds is 2. The van der Waals surface area contributed by atoms with Gasteiger partial charge >= 0.3 is 0 Å². The third-order valence-corrected chi connectivity index (χ3v) is 3.71. The maximum Gasteiger partial charge on any atom is 0.256 e. The Labute approximate surface area is 122 Å². The smallest absolute Gasteiger partial charge is 0.256 e. The molecule has 1 aromatic carbocycles. The molecule has 2 rings (SSSR count). The van der Waals surface area contributed by atoms with Crippen LogP contribution in [0.4, 0.5) is 5.69 Å². The van der Waals surface area contributed by atoms with E-state index in [1.165, 1.54) is 11.3 Å². The van der Waals surface area contributed by atoms with Crippen LogP contribution in [-0.2, 0) is 0 Å².